The van der Waals surface area contributed by atoms with E-state index in [0.717, 1.165) is 25.1 Å². The fourth-order valence-corrected chi connectivity index (χ4v) is 2.06. The van der Waals surface area contributed by atoms with Crippen LogP contribution in [0, 0.1) is 25.2 Å². The zero-order chi connectivity index (χ0) is 14.3. The molecule has 0 fully saturated rings. The normalized spacial score (nSPS) is 13.6. The average molecular weight is 260 g/mol. The number of rotatable bonds is 7. The lowest BCUT2D eigenvalue weighted by Gasteiger charge is -2.22. The Labute approximate surface area is 116 Å². The van der Waals surface area contributed by atoms with Crippen LogP contribution in [0.15, 0.2) is 18.2 Å². The van der Waals surface area contributed by atoms with E-state index in [-0.39, 0.29) is 0 Å². The molecule has 1 unspecified atom stereocenters. The van der Waals surface area contributed by atoms with Gasteiger partial charge in [0, 0.05) is 0 Å². The topological polar surface area (TPSA) is 45.0 Å². The lowest BCUT2D eigenvalue weighted by atomic mass is 9.98. The maximum atomic E-state index is 9.16. The lowest BCUT2D eigenvalue weighted by molar-refractivity contribution is 0.284. The molecular weight excluding hydrogens is 236 g/mol. The van der Waals surface area contributed by atoms with Gasteiger partial charge in [0.2, 0.25) is 0 Å². The molecule has 19 heavy (non-hydrogen) atoms. The van der Waals surface area contributed by atoms with Crippen molar-refractivity contribution in [3.8, 4) is 11.8 Å². The predicted molar refractivity (Wildman–Crippen MR) is 78.3 cm³/mol. The summed E-state index contributed by atoms with van der Waals surface area (Å²) in [5.41, 5.74) is 1.99. The average Bonchev–Trinajstić information content (AvgIpc) is 2.40. The molecule has 0 spiro atoms. The third-order valence-corrected chi connectivity index (χ3v) is 3.45. The Morgan fingerprint density at radius 1 is 1.37 bits per heavy atom. The molecule has 0 amide bonds. The summed E-state index contributed by atoms with van der Waals surface area (Å²) in [5.74, 6) is 0.946. The van der Waals surface area contributed by atoms with Gasteiger partial charge in [-0.3, -0.25) is 5.32 Å². The second kappa shape index (κ2) is 7.16. The molecule has 1 rings (SSSR count). The van der Waals surface area contributed by atoms with Crippen LogP contribution in [0.2, 0.25) is 0 Å². The maximum absolute atomic E-state index is 9.16. The third kappa shape index (κ3) is 4.57. The molecule has 3 heteroatoms. The van der Waals surface area contributed by atoms with Gasteiger partial charge in [-0.25, -0.2) is 0 Å². The van der Waals surface area contributed by atoms with E-state index in [1.807, 2.05) is 26.0 Å². The van der Waals surface area contributed by atoms with Crippen LogP contribution in [0.1, 0.15) is 37.8 Å². The highest BCUT2D eigenvalue weighted by molar-refractivity contribution is 5.38. The maximum Gasteiger partial charge on any atom is 0.122 e. The van der Waals surface area contributed by atoms with Crippen molar-refractivity contribution in [1.82, 2.24) is 5.32 Å². The van der Waals surface area contributed by atoms with E-state index in [2.05, 4.69) is 31.3 Å². The number of nitrogens with one attached hydrogen (secondary N) is 1. The first-order valence-electron chi connectivity index (χ1n) is 6.87. The summed E-state index contributed by atoms with van der Waals surface area (Å²) in [7, 11) is 0. The number of aryl methyl sites for hydroxylation is 1. The van der Waals surface area contributed by atoms with Crippen molar-refractivity contribution in [3.05, 3.63) is 29.3 Å². The van der Waals surface area contributed by atoms with Gasteiger partial charge in [-0.1, -0.05) is 19.1 Å². The second-order valence-corrected chi connectivity index (χ2v) is 5.12. The Morgan fingerprint density at radius 2 is 2.11 bits per heavy atom. The molecule has 0 bridgehead atoms. The van der Waals surface area contributed by atoms with Crippen LogP contribution in [0.5, 0.6) is 5.75 Å². The molecule has 104 valence electrons. The Bertz CT molecular complexity index is 451. The van der Waals surface area contributed by atoms with Crippen LogP contribution < -0.4 is 10.1 Å². The molecule has 1 N–H and O–H groups in total. The summed E-state index contributed by atoms with van der Waals surface area (Å²) in [6.45, 7) is 9.56. The number of hydrogen-bond donors (Lipinski definition) is 1. The first-order valence-corrected chi connectivity index (χ1v) is 6.87. The van der Waals surface area contributed by atoms with Crippen molar-refractivity contribution in [1.29, 1.82) is 5.26 Å². The standard InChI is InChI=1S/C16H24N2O/c1-5-18-16(4,12-17)10-7-11-19-15-9-6-8-13(2)14(15)3/h6,8-9,18H,5,7,10-11H2,1-4H3. The molecule has 0 saturated heterocycles. The fourth-order valence-electron chi connectivity index (χ4n) is 2.06. The van der Waals surface area contributed by atoms with Gasteiger partial charge in [0.25, 0.3) is 0 Å². The van der Waals surface area contributed by atoms with Crippen LogP contribution in [-0.2, 0) is 0 Å². The summed E-state index contributed by atoms with van der Waals surface area (Å²) in [4.78, 5) is 0. The molecule has 0 aromatic heterocycles. The summed E-state index contributed by atoms with van der Waals surface area (Å²) in [5, 5.41) is 12.4. The minimum Gasteiger partial charge on any atom is -0.493 e. The van der Waals surface area contributed by atoms with E-state index in [9.17, 15) is 0 Å². The van der Waals surface area contributed by atoms with Crippen molar-refractivity contribution in [2.24, 2.45) is 0 Å². The Kier molecular flexibility index (Phi) is 5.85. The van der Waals surface area contributed by atoms with Crippen LogP contribution in [0.25, 0.3) is 0 Å². The molecular formula is C16H24N2O. The highest BCUT2D eigenvalue weighted by Crippen LogP contribution is 2.21. The van der Waals surface area contributed by atoms with Crippen molar-refractivity contribution in [2.45, 2.75) is 46.1 Å². The molecule has 0 aliphatic heterocycles. The van der Waals surface area contributed by atoms with Gasteiger partial charge in [0.15, 0.2) is 0 Å². The molecule has 1 aromatic carbocycles. The number of ether oxygens (including phenoxy) is 1. The Hall–Kier alpha value is -1.53. The van der Waals surface area contributed by atoms with Crippen molar-refractivity contribution in [2.75, 3.05) is 13.2 Å². The van der Waals surface area contributed by atoms with Gasteiger partial charge < -0.3 is 4.74 Å². The zero-order valence-electron chi connectivity index (χ0n) is 12.4. The first-order chi connectivity index (χ1) is 9.02. The van der Waals surface area contributed by atoms with Crippen molar-refractivity contribution >= 4 is 0 Å². The third-order valence-electron chi connectivity index (χ3n) is 3.45. The van der Waals surface area contributed by atoms with Gasteiger partial charge in [0.1, 0.15) is 11.3 Å². The molecule has 0 heterocycles. The number of benzene rings is 1. The Balaban J connectivity index is 2.43. The molecule has 1 aromatic rings. The van der Waals surface area contributed by atoms with Crippen LogP contribution in [0.3, 0.4) is 0 Å². The largest absolute Gasteiger partial charge is 0.493 e. The summed E-state index contributed by atoms with van der Waals surface area (Å²) >= 11 is 0. The number of nitriles is 1. The number of hydrogen-bond acceptors (Lipinski definition) is 3. The van der Waals surface area contributed by atoms with Gasteiger partial charge in [-0.15, -0.1) is 0 Å². The van der Waals surface area contributed by atoms with Gasteiger partial charge in [-0.2, -0.15) is 5.26 Å². The van der Waals surface area contributed by atoms with E-state index in [1.165, 1.54) is 11.1 Å². The van der Waals surface area contributed by atoms with E-state index < -0.39 is 5.54 Å². The number of nitrogens with zero attached hydrogens (tertiary/aromatic N) is 1. The zero-order valence-corrected chi connectivity index (χ0v) is 12.4. The minimum absolute atomic E-state index is 0.445. The molecule has 3 nitrogen and oxygen atoms in total. The van der Waals surface area contributed by atoms with Gasteiger partial charge in [-0.05, 0) is 57.4 Å². The quantitative estimate of drug-likeness (QED) is 0.765. The fraction of sp³-hybridized carbons (Fsp3) is 0.562. The Morgan fingerprint density at radius 3 is 2.74 bits per heavy atom. The molecule has 0 radical (unpaired) electrons. The SMILES string of the molecule is CCNC(C)(C#N)CCCOc1cccc(C)c1C. The van der Waals surface area contributed by atoms with Crippen LogP contribution >= 0.6 is 0 Å². The van der Waals surface area contributed by atoms with Crippen molar-refractivity contribution < 1.29 is 4.74 Å². The van der Waals surface area contributed by atoms with Gasteiger partial charge >= 0.3 is 0 Å². The monoisotopic (exact) mass is 260 g/mol. The molecule has 0 aliphatic carbocycles. The highest BCUT2D eigenvalue weighted by atomic mass is 16.5. The molecule has 1 atom stereocenters. The predicted octanol–water partition coefficient (Wildman–Crippen LogP) is 3.35. The van der Waals surface area contributed by atoms with E-state index in [4.69, 9.17) is 10.00 Å². The summed E-state index contributed by atoms with van der Waals surface area (Å²) in [6, 6.07) is 8.42. The minimum atomic E-state index is -0.445. The summed E-state index contributed by atoms with van der Waals surface area (Å²) < 4.78 is 5.80. The van der Waals surface area contributed by atoms with E-state index in [0.29, 0.717) is 6.61 Å². The highest BCUT2D eigenvalue weighted by Gasteiger charge is 2.21. The van der Waals surface area contributed by atoms with Gasteiger partial charge in [0.05, 0.1) is 12.7 Å². The molecule has 0 saturated carbocycles. The smallest absolute Gasteiger partial charge is 0.122 e. The van der Waals surface area contributed by atoms with Crippen molar-refractivity contribution in [3.63, 3.8) is 0 Å². The second-order valence-electron chi connectivity index (χ2n) is 5.12. The summed E-state index contributed by atoms with van der Waals surface area (Å²) in [6.07, 6.45) is 1.66. The molecule has 0 aliphatic rings. The van der Waals surface area contributed by atoms with Crippen LogP contribution in [-0.4, -0.2) is 18.7 Å². The lowest BCUT2D eigenvalue weighted by Crippen LogP contribution is -2.40. The van der Waals surface area contributed by atoms with Crippen LogP contribution in [0.4, 0.5) is 0 Å². The first kappa shape index (κ1) is 15.5. The van der Waals surface area contributed by atoms with E-state index in [1.54, 1.807) is 0 Å². The van der Waals surface area contributed by atoms with E-state index >= 15 is 0 Å².